The molecule has 0 aliphatic carbocycles. The quantitative estimate of drug-likeness (QED) is 0.718. The Bertz CT molecular complexity index is 204. The Labute approximate surface area is 104 Å². The second kappa shape index (κ2) is 7.31. The zero-order valence-electron chi connectivity index (χ0n) is 10.7. The van der Waals surface area contributed by atoms with Crippen molar-refractivity contribution in [3.8, 4) is 0 Å². The van der Waals surface area contributed by atoms with Crippen LogP contribution in [0.1, 0.15) is 39.0 Å². The molecule has 0 aromatic carbocycles. The van der Waals surface area contributed by atoms with Gasteiger partial charge in [-0.15, -0.1) is 0 Å². The van der Waals surface area contributed by atoms with Gasteiger partial charge in [0.15, 0.2) is 12.6 Å². The largest absolute Gasteiger partial charge is 0.353 e. The lowest BCUT2D eigenvalue weighted by molar-refractivity contribution is -0.181. The average molecular weight is 244 g/mol. The van der Waals surface area contributed by atoms with Gasteiger partial charge in [-0.25, -0.2) is 0 Å². The summed E-state index contributed by atoms with van der Waals surface area (Å²) in [7, 11) is 0. The maximum Gasteiger partial charge on any atom is 0.157 e. The summed E-state index contributed by atoms with van der Waals surface area (Å²) in [4.78, 5) is 0. The van der Waals surface area contributed by atoms with Crippen LogP contribution in [0.5, 0.6) is 0 Å². The number of rotatable bonds is 6. The van der Waals surface area contributed by atoms with Crippen molar-refractivity contribution < 1.29 is 18.9 Å². The molecule has 0 bridgehead atoms. The molecule has 2 rings (SSSR count). The first kappa shape index (κ1) is 13.3. The highest BCUT2D eigenvalue weighted by atomic mass is 16.7. The minimum Gasteiger partial charge on any atom is -0.353 e. The van der Waals surface area contributed by atoms with Gasteiger partial charge < -0.3 is 18.9 Å². The maximum absolute atomic E-state index is 5.56. The molecule has 0 spiro atoms. The van der Waals surface area contributed by atoms with Gasteiger partial charge in [0.2, 0.25) is 0 Å². The summed E-state index contributed by atoms with van der Waals surface area (Å²) in [6.07, 6.45) is 5.49. The lowest BCUT2D eigenvalue weighted by Crippen LogP contribution is -2.24. The van der Waals surface area contributed by atoms with Crippen LogP contribution in [0.15, 0.2) is 0 Å². The fourth-order valence-corrected chi connectivity index (χ4v) is 2.43. The van der Waals surface area contributed by atoms with Crippen LogP contribution in [0, 0.1) is 5.92 Å². The first-order valence-corrected chi connectivity index (χ1v) is 6.85. The third kappa shape index (κ3) is 4.54. The van der Waals surface area contributed by atoms with Gasteiger partial charge in [-0.05, 0) is 38.5 Å². The monoisotopic (exact) mass is 244 g/mol. The molecule has 2 aliphatic heterocycles. The molecular weight excluding hydrogens is 220 g/mol. The van der Waals surface area contributed by atoms with Crippen molar-refractivity contribution in [2.75, 3.05) is 26.4 Å². The number of hydrogen-bond acceptors (Lipinski definition) is 4. The second-order valence-corrected chi connectivity index (χ2v) is 4.78. The van der Waals surface area contributed by atoms with Crippen LogP contribution in [0.25, 0.3) is 0 Å². The van der Waals surface area contributed by atoms with Crippen LogP contribution < -0.4 is 0 Å². The Morgan fingerprint density at radius 1 is 1.12 bits per heavy atom. The van der Waals surface area contributed by atoms with Crippen molar-refractivity contribution in [3.05, 3.63) is 0 Å². The molecule has 2 unspecified atom stereocenters. The first-order valence-electron chi connectivity index (χ1n) is 6.85. The molecule has 17 heavy (non-hydrogen) atoms. The third-order valence-corrected chi connectivity index (χ3v) is 3.34. The van der Waals surface area contributed by atoms with Crippen molar-refractivity contribution >= 4 is 0 Å². The summed E-state index contributed by atoms with van der Waals surface area (Å²) >= 11 is 0. The topological polar surface area (TPSA) is 36.9 Å². The molecule has 2 aliphatic rings. The van der Waals surface area contributed by atoms with Crippen molar-refractivity contribution in [1.29, 1.82) is 0 Å². The van der Waals surface area contributed by atoms with Gasteiger partial charge in [-0.1, -0.05) is 0 Å². The van der Waals surface area contributed by atoms with Gasteiger partial charge in [-0.2, -0.15) is 0 Å². The normalized spacial score (nSPS) is 30.9. The lowest BCUT2D eigenvalue weighted by Gasteiger charge is -2.23. The van der Waals surface area contributed by atoms with E-state index in [4.69, 9.17) is 18.9 Å². The van der Waals surface area contributed by atoms with Gasteiger partial charge >= 0.3 is 0 Å². The van der Waals surface area contributed by atoms with Crippen molar-refractivity contribution in [1.82, 2.24) is 0 Å². The van der Waals surface area contributed by atoms with Gasteiger partial charge in [-0.3, -0.25) is 0 Å². The zero-order valence-corrected chi connectivity index (χ0v) is 10.7. The molecule has 4 nitrogen and oxygen atoms in total. The second-order valence-electron chi connectivity index (χ2n) is 4.78. The summed E-state index contributed by atoms with van der Waals surface area (Å²) < 4.78 is 22.1. The number of hydrogen-bond donors (Lipinski definition) is 0. The molecule has 2 heterocycles. The Kier molecular flexibility index (Phi) is 5.71. The standard InChI is InChI=1S/C13H24O4/c1-2-14-13-9-11(10-17-13)5-3-6-12-15-7-4-8-16-12/h11-13H,2-10H2,1H3. The van der Waals surface area contributed by atoms with Gasteiger partial charge in [0.1, 0.15) is 0 Å². The van der Waals surface area contributed by atoms with E-state index in [1.807, 2.05) is 6.92 Å². The summed E-state index contributed by atoms with van der Waals surface area (Å²) in [5.74, 6) is 0.648. The van der Waals surface area contributed by atoms with Crippen molar-refractivity contribution in [2.24, 2.45) is 5.92 Å². The Morgan fingerprint density at radius 2 is 1.94 bits per heavy atom. The molecule has 0 radical (unpaired) electrons. The molecule has 0 amide bonds. The Balaban J connectivity index is 1.53. The molecule has 0 aromatic rings. The van der Waals surface area contributed by atoms with Crippen LogP contribution in [-0.2, 0) is 18.9 Å². The molecule has 0 aromatic heterocycles. The van der Waals surface area contributed by atoms with Gasteiger partial charge in [0, 0.05) is 13.0 Å². The van der Waals surface area contributed by atoms with Crippen LogP contribution in [0.2, 0.25) is 0 Å². The molecule has 2 fully saturated rings. The summed E-state index contributed by atoms with van der Waals surface area (Å²) in [5.41, 5.74) is 0. The summed E-state index contributed by atoms with van der Waals surface area (Å²) in [5, 5.41) is 0. The van der Waals surface area contributed by atoms with E-state index >= 15 is 0 Å². The van der Waals surface area contributed by atoms with Crippen LogP contribution in [-0.4, -0.2) is 39.0 Å². The molecule has 2 saturated heterocycles. The van der Waals surface area contributed by atoms with E-state index < -0.39 is 0 Å². The third-order valence-electron chi connectivity index (χ3n) is 3.34. The highest BCUT2D eigenvalue weighted by molar-refractivity contribution is 4.68. The minimum absolute atomic E-state index is 0.0344. The smallest absolute Gasteiger partial charge is 0.157 e. The molecule has 0 N–H and O–H groups in total. The molecule has 2 atom stereocenters. The summed E-state index contributed by atoms with van der Waals surface area (Å²) in [6, 6.07) is 0. The Morgan fingerprint density at radius 3 is 2.71 bits per heavy atom. The van der Waals surface area contributed by atoms with E-state index in [-0.39, 0.29) is 12.6 Å². The summed E-state index contributed by atoms with van der Waals surface area (Å²) in [6.45, 7) is 5.29. The predicted octanol–water partition coefficient (Wildman–Crippen LogP) is 2.32. The van der Waals surface area contributed by atoms with Crippen LogP contribution in [0.3, 0.4) is 0 Å². The minimum atomic E-state index is 0.0344. The van der Waals surface area contributed by atoms with Crippen LogP contribution >= 0.6 is 0 Å². The van der Waals surface area contributed by atoms with E-state index in [0.717, 1.165) is 52.1 Å². The zero-order chi connectivity index (χ0) is 11.9. The molecular formula is C13H24O4. The van der Waals surface area contributed by atoms with Crippen molar-refractivity contribution in [3.63, 3.8) is 0 Å². The number of ether oxygens (including phenoxy) is 4. The van der Waals surface area contributed by atoms with E-state index in [0.29, 0.717) is 5.92 Å². The average Bonchev–Trinajstić information content (AvgIpc) is 2.79. The lowest BCUT2D eigenvalue weighted by atomic mass is 10.0. The van der Waals surface area contributed by atoms with Gasteiger partial charge in [0.05, 0.1) is 19.8 Å². The molecule has 4 heteroatoms. The first-order chi connectivity index (χ1) is 8.38. The predicted molar refractivity (Wildman–Crippen MR) is 63.6 cm³/mol. The SMILES string of the molecule is CCOC1CC(CCCC2OCCCO2)CO1. The van der Waals surface area contributed by atoms with Crippen LogP contribution in [0.4, 0.5) is 0 Å². The van der Waals surface area contributed by atoms with E-state index in [1.54, 1.807) is 0 Å². The Hall–Kier alpha value is -0.160. The van der Waals surface area contributed by atoms with Crippen molar-refractivity contribution in [2.45, 2.75) is 51.6 Å². The van der Waals surface area contributed by atoms with E-state index in [9.17, 15) is 0 Å². The molecule has 100 valence electrons. The maximum atomic E-state index is 5.56. The highest BCUT2D eigenvalue weighted by Gasteiger charge is 2.25. The van der Waals surface area contributed by atoms with E-state index in [2.05, 4.69) is 0 Å². The van der Waals surface area contributed by atoms with Gasteiger partial charge in [0.25, 0.3) is 0 Å². The fraction of sp³-hybridized carbons (Fsp3) is 1.00. The highest BCUT2D eigenvalue weighted by Crippen LogP contribution is 2.25. The molecule has 0 saturated carbocycles. The van der Waals surface area contributed by atoms with E-state index in [1.165, 1.54) is 6.42 Å². The fourth-order valence-electron chi connectivity index (χ4n) is 2.43.